The first-order valence-electron chi connectivity index (χ1n) is 12.8. The van der Waals surface area contributed by atoms with E-state index in [1.54, 1.807) is 32.0 Å². The molecule has 4 rings (SSSR count). The standard InChI is InChI=1S/C24H30ClF3N7O7P/c1-12(2)40-20(37)13(3)34-43(38,42-14-8-6-5-7-9-14)39-10-15-17(36)23(25,24(26,27)28)21(41-15)35-11-31-16-18(30-4)32-22(29)33-19(16)35/h5-9,11-13,15,17,21,36H,10H2,1-4H3,(H,34,38)(H3,29,30,32,33)/t13-,15-,17-,21-,23-,43-/m1/s1. The first-order chi connectivity index (χ1) is 20.1. The van der Waals surface area contributed by atoms with Crippen LogP contribution in [0.1, 0.15) is 27.0 Å². The van der Waals surface area contributed by atoms with E-state index in [2.05, 4.69) is 25.4 Å². The molecule has 3 heterocycles. The number of esters is 1. The lowest BCUT2D eigenvalue weighted by Gasteiger charge is -2.32. The van der Waals surface area contributed by atoms with Crippen molar-refractivity contribution in [3.05, 3.63) is 36.7 Å². The van der Waals surface area contributed by atoms with Crippen LogP contribution in [0, 0.1) is 0 Å². The highest BCUT2D eigenvalue weighted by Gasteiger charge is 2.71. The van der Waals surface area contributed by atoms with E-state index in [9.17, 15) is 27.6 Å². The summed E-state index contributed by atoms with van der Waals surface area (Å²) in [5.74, 6) is -0.891. The van der Waals surface area contributed by atoms with Crippen LogP contribution in [0.15, 0.2) is 36.7 Å². The van der Waals surface area contributed by atoms with Crippen molar-refractivity contribution in [2.75, 3.05) is 24.7 Å². The molecular weight excluding hydrogens is 622 g/mol. The molecule has 236 valence electrons. The molecule has 1 fully saturated rings. The predicted molar refractivity (Wildman–Crippen MR) is 148 cm³/mol. The van der Waals surface area contributed by atoms with Gasteiger partial charge >= 0.3 is 19.9 Å². The fourth-order valence-corrected chi connectivity index (χ4v) is 6.05. The summed E-state index contributed by atoms with van der Waals surface area (Å²) in [5, 5.41) is 16.0. The van der Waals surface area contributed by atoms with Gasteiger partial charge in [0.05, 0.1) is 19.0 Å². The van der Waals surface area contributed by atoms with Crippen LogP contribution in [0.2, 0.25) is 0 Å². The molecule has 0 radical (unpaired) electrons. The van der Waals surface area contributed by atoms with Gasteiger partial charge in [-0.25, -0.2) is 9.55 Å². The number of benzene rings is 1. The van der Waals surface area contributed by atoms with Crippen LogP contribution >= 0.6 is 19.3 Å². The molecule has 3 aromatic rings. The number of anilines is 2. The molecule has 6 atom stereocenters. The van der Waals surface area contributed by atoms with E-state index in [0.717, 1.165) is 10.9 Å². The van der Waals surface area contributed by atoms with Crippen molar-refractivity contribution >= 4 is 48.2 Å². The number of imidazole rings is 1. The zero-order valence-corrected chi connectivity index (χ0v) is 24.9. The normalized spacial score (nSPS) is 24.6. The molecule has 0 aliphatic carbocycles. The van der Waals surface area contributed by atoms with Gasteiger partial charge < -0.3 is 30.2 Å². The molecule has 19 heteroatoms. The number of hydrogen-bond donors (Lipinski definition) is 4. The van der Waals surface area contributed by atoms with Gasteiger partial charge in [0.2, 0.25) is 10.8 Å². The number of aromatic nitrogens is 4. The third kappa shape index (κ3) is 6.66. The number of nitrogens with two attached hydrogens (primary N) is 1. The fourth-order valence-electron chi connectivity index (χ4n) is 4.25. The molecule has 1 aliphatic rings. The molecule has 5 N–H and O–H groups in total. The molecule has 0 amide bonds. The van der Waals surface area contributed by atoms with Crippen molar-refractivity contribution in [1.29, 1.82) is 0 Å². The van der Waals surface area contributed by atoms with Gasteiger partial charge in [-0.2, -0.15) is 28.2 Å². The Bertz CT molecular complexity index is 1500. The number of rotatable bonds is 11. The number of halogens is 4. The number of alkyl halides is 4. The van der Waals surface area contributed by atoms with E-state index in [-0.39, 0.29) is 28.7 Å². The van der Waals surface area contributed by atoms with Crippen LogP contribution in [0.5, 0.6) is 5.75 Å². The summed E-state index contributed by atoms with van der Waals surface area (Å²) >= 11 is 6.15. The third-order valence-electron chi connectivity index (χ3n) is 6.24. The summed E-state index contributed by atoms with van der Waals surface area (Å²) in [6, 6.07) is 6.45. The monoisotopic (exact) mass is 651 g/mol. The van der Waals surface area contributed by atoms with E-state index in [1.807, 2.05) is 0 Å². The molecule has 1 aromatic carbocycles. The van der Waals surface area contributed by atoms with Gasteiger partial charge in [-0.05, 0) is 32.9 Å². The van der Waals surface area contributed by atoms with Crippen molar-refractivity contribution in [3.8, 4) is 5.75 Å². The zero-order valence-electron chi connectivity index (χ0n) is 23.3. The zero-order chi connectivity index (χ0) is 31.7. The third-order valence-corrected chi connectivity index (χ3v) is 8.51. The van der Waals surface area contributed by atoms with Gasteiger partial charge in [0.15, 0.2) is 23.2 Å². The number of carbonyl (C=O) groups excluding carboxylic acids is 1. The summed E-state index contributed by atoms with van der Waals surface area (Å²) in [5.41, 5.74) is 5.62. The summed E-state index contributed by atoms with van der Waals surface area (Å²) in [7, 11) is -3.02. The van der Waals surface area contributed by atoms with Gasteiger partial charge in [-0.1, -0.05) is 18.2 Å². The molecule has 0 spiro atoms. The van der Waals surface area contributed by atoms with Crippen LogP contribution in [0.3, 0.4) is 0 Å². The SMILES string of the molecule is CNc1nc(N)nc2c1ncn2[C@@H]1O[C@H](CO[P@](=O)(N[C@H](C)C(=O)OC(C)C)Oc2ccccc2)[C@@H](O)[C@]1(Cl)C(F)(F)F. The molecule has 43 heavy (non-hydrogen) atoms. The van der Waals surface area contributed by atoms with Gasteiger partial charge in [-0.15, -0.1) is 11.6 Å². The summed E-state index contributed by atoms with van der Waals surface area (Å²) < 4.78 is 79.8. The number of carbonyl (C=O) groups is 1. The number of aliphatic hydroxyl groups is 1. The molecule has 0 saturated carbocycles. The van der Waals surface area contributed by atoms with Crippen molar-refractivity contribution in [2.45, 2.75) is 62.4 Å². The second-order valence-electron chi connectivity index (χ2n) is 9.78. The average Bonchev–Trinajstić information content (AvgIpc) is 3.45. The minimum Gasteiger partial charge on any atom is -0.462 e. The highest BCUT2D eigenvalue weighted by atomic mass is 35.5. The second-order valence-corrected chi connectivity index (χ2v) is 12.1. The summed E-state index contributed by atoms with van der Waals surface area (Å²) in [4.78, 5) is 20.9. The topological polar surface area (TPSA) is 185 Å². The Hall–Kier alpha value is -3.21. The maximum atomic E-state index is 14.5. The molecule has 1 saturated heterocycles. The number of ether oxygens (including phenoxy) is 2. The van der Waals surface area contributed by atoms with Gasteiger partial charge in [-0.3, -0.25) is 13.9 Å². The van der Waals surface area contributed by atoms with Crippen LogP contribution in [0.4, 0.5) is 24.9 Å². The molecule has 1 aliphatic heterocycles. The second kappa shape index (κ2) is 12.4. The Kier molecular flexibility index (Phi) is 9.44. The van der Waals surface area contributed by atoms with Gasteiger partial charge in [0.25, 0.3) is 0 Å². The summed E-state index contributed by atoms with van der Waals surface area (Å²) in [6.07, 6.45) is -11.1. The Morgan fingerprint density at radius 1 is 1.28 bits per heavy atom. The van der Waals surface area contributed by atoms with E-state index >= 15 is 0 Å². The molecule has 2 aromatic heterocycles. The maximum absolute atomic E-state index is 14.5. The highest BCUT2D eigenvalue weighted by molar-refractivity contribution is 7.52. The molecule has 0 unspecified atom stereocenters. The Morgan fingerprint density at radius 2 is 1.95 bits per heavy atom. The number of nitrogens with zero attached hydrogens (tertiary/aromatic N) is 4. The Labute approximate surface area is 248 Å². The smallest absolute Gasteiger partial charge is 0.459 e. The van der Waals surface area contributed by atoms with Crippen molar-refractivity contribution < 1.29 is 46.2 Å². The lowest BCUT2D eigenvalue weighted by Crippen LogP contribution is -2.53. The highest BCUT2D eigenvalue weighted by Crippen LogP contribution is 2.55. The minimum atomic E-state index is -5.24. The number of hydrogen-bond acceptors (Lipinski definition) is 12. The lowest BCUT2D eigenvalue weighted by atomic mass is 9.98. The van der Waals surface area contributed by atoms with Crippen molar-refractivity contribution in [3.63, 3.8) is 0 Å². The van der Waals surface area contributed by atoms with E-state index in [4.69, 9.17) is 35.9 Å². The molecule has 0 bridgehead atoms. The lowest BCUT2D eigenvalue weighted by molar-refractivity contribution is -0.195. The molecule has 14 nitrogen and oxygen atoms in total. The largest absolute Gasteiger partial charge is 0.462 e. The van der Waals surface area contributed by atoms with Crippen LogP contribution in [-0.2, 0) is 23.4 Å². The molecular formula is C24H30ClF3N7O7P. The summed E-state index contributed by atoms with van der Waals surface area (Å²) in [6.45, 7) is 3.63. The first-order valence-corrected chi connectivity index (χ1v) is 14.8. The van der Waals surface area contributed by atoms with E-state index in [0.29, 0.717) is 0 Å². The number of nitrogen functional groups attached to an aromatic ring is 1. The quantitative estimate of drug-likeness (QED) is 0.134. The predicted octanol–water partition coefficient (Wildman–Crippen LogP) is 3.38. The number of para-hydroxylation sites is 1. The van der Waals surface area contributed by atoms with Crippen LogP contribution < -0.4 is 20.7 Å². The Morgan fingerprint density at radius 3 is 2.56 bits per heavy atom. The van der Waals surface area contributed by atoms with Crippen LogP contribution in [-0.4, -0.2) is 79.7 Å². The number of nitrogens with one attached hydrogen (secondary N) is 2. The van der Waals surface area contributed by atoms with Crippen molar-refractivity contribution in [1.82, 2.24) is 24.6 Å². The van der Waals surface area contributed by atoms with Crippen LogP contribution in [0.25, 0.3) is 11.2 Å². The van der Waals surface area contributed by atoms with Gasteiger partial charge in [0.1, 0.15) is 24.0 Å². The van der Waals surface area contributed by atoms with Gasteiger partial charge in [0, 0.05) is 7.05 Å². The average molecular weight is 652 g/mol. The van der Waals surface area contributed by atoms with Crippen molar-refractivity contribution in [2.24, 2.45) is 0 Å². The number of aliphatic hydroxyl groups excluding tert-OH is 1. The van der Waals surface area contributed by atoms with E-state index < -0.39 is 62.0 Å². The first kappa shape index (κ1) is 32.7. The number of fused-ring (bicyclic) bond motifs is 1. The van der Waals surface area contributed by atoms with E-state index in [1.165, 1.54) is 26.1 Å². The Balaban J connectivity index is 1.65. The fraction of sp³-hybridized carbons (Fsp3) is 0.500. The maximum Gasteiger partial charge on any atom is 0.459 e. The minimum absolute atomic E-state index is 0.0537.